The lowest BCUT2D eigenvalue weighted by atomic mass is 10.0. The first kappa shape index (κ1) is 18.5. The van der Waals surface area contributed by atoms with E-state index in [2.05, 4.69) is 17.0 Å². The third kappa shape index (κ3) is 3.37. The lowest BCUT2D eigenvalue weighted by molar-refractivity contribution is -0.0510. The smallest absolute Gasteiger partial charge is 0.272 e. The monoisotopic (exact) mass is 393 g/mol. The average Bonchev–Trinajstić information content (AvgIpc) is 3.15. The highest BCUT2D eigenvalue weighted by Gasteiger charge is 2.35. The molecule has 27 heavy (non-hydrogen) atoms. The molecular formula is C19H21F2N3O2S. The van der Waals surface area contributed by atoms with E-state index >= 15 is 0 Å². The highest BCUT2D eigenvalue weighted by Crippen LogP contribution is 2.36. The first-order valence-electron chi connectivity index (χ1n) is 8.88. The number of rotatable bonds is 5. The standard InChI is InChI=1S/C19H21F2N3O2S/c1-11-16(18(25)22-12-5-6-13(20)14(21)8-12)24-7-3-4-15(24)17(11)27-23-19(2)9-26-10-19/h5-6,8,23H,3-4,7,9-10H2,1-2H3,(H,22,25). The second-order valence-corrected chi connectivity index (χ2v) is 8.16. The molecular weight excluding hydrogens is 372 g/mol. The highest BCUT2D eigenvalue weighted by molar-refractivity contribution is 7.97. The van der Waals surface area contributed by atoms with Crippen molar-refractivity contribution >= 4 is 23.5 Å². The van der Waals surface area contributed by atoms with Gasteiger partial charge in [0.1, 0.15) is 5.69 Å². The number of nitrogens with one attached hydrogen (secondary N) is 2. The Labute approximate surface area is 160 Å². The molecule has 1 aromatic heterocycles. The van der Waals surface area contributed by atoms with Crippen LogP contribution in [0, 0.1) is 18.6 Å². The number of anilines is 1. The molecule has 5 nitrogen and oxygen atoms in total. The Hall–Kier alpha value is -1.90. The number of benzene rings is 1. The molecule has 0 bridgehead atoms. The number of nitrogens with zero attached hydrogens (tertiary/aromatic N) is 1. The van der Waals surface area contributed by atoms with Crippen molar-refractivity contribution in [1.82, 2.24) is 9.29 Å². The van der Waals surface area contributed by atoms with Crippen molar-refractivity contribution in [3.63, 3.8) is 0 Å². The first-order valence-corrected chi connectivity index (χ1v) is 9.70. The fourth-order valence-corrected chi connectivity index (χ4v) is 4.56. The Morgan fingerprint density at radius 3 is 2.74 bits per heavy atom. The van der Waals surface area contributed by atoms with Gasteiger partial charge in [-0.15, -0.1) is 0 Å². The molecule has 2 aliphatic rings. The Morgan fingerprint density at radius 1 is 1.30 bits per heavy atom. The van der Waals surface area contributed by atoms with Gasteiger partial charge in [-0.05, 0) is 56.3 Å². The van der Waals surface area contributed by atoms with Gasteiger partial charge in [0.25, 0.3) is 5.91 Å². The van der Waals surface area contributed by atoms with Gasteiger partial charge >= 0.3 is 0 Å². The number of carbonyl (C=O) groups excluding carboxylic acids is 1. The molecule has 144 valence electrons. The van der Waals surface area contributed by atoms with E-state index in [1.807, 2.05) is 11.5 Å². The van der Waals surface area contributed by atoms with Gasteiger partial charge in [0.15, 0.2) is 11.6 Å². The molecule has 1 aromatic carbocycles. The fourth-order valence-electron chi connectivity index (χ4n) is 3.52. The van der Waals surface area contributed by atoms with Crippen LogP contribution in [0.1, 0.15) is 35.1 Å². The largest absolute Gasteiger partial charge is 0.377 e. The minimum atomic E-state index is -0.985. The second-order valence-electron chi connectivity index (χ2n) is 7.35. The van der Waals surface area contributed by atoms with E-state index in [4.69, 9.17) is 4.74 Å². The number of amides is 1. The number of hydrogen-bond acceptors (Lipinski definition) is 4. The molecule has 0 spiro atoms. The number of ether oxygens (including phenoxy) is 1. The van der Waals surface area contributed by atoms with Crippen LogP contribution in [0.15, 0.2) is 23.1 Å². The zero-order valence-corrected chi connectivity index (χ0v) is 16.0. The van der Waals surface area contributed by atoms with Crippen LogP contribution in [0.5, 0.6) is 0 Å². The quantitative estimate of drug-likeness (QED) is 0.762. The molecule has 2 aromatic rings. The van der Waals surface area contributed by atoms with Crippen LogP contribution >= 0.6 is 11.9 Å². The summed E-state index contributed by atoms with van der Waals surface area (Å²) >= 11 is 1.54. The van der Waals surface area contributed by atoms with Gasteiger partial charge in [-0.1, -0.05) is 0 Å². The summed E-state index contributed by atoms with van der Waals surface area (Å²) in [5, 5.41) is 2.69. The molecule has 0 aliphatic carbocycles. The van der Waals surface area contributed by atoms with E-state index in [9.17, 15) is 13.6 Å². The van der Waals surface area contributed by atoms with Gasteiger partial charge in [-0.2, -0.15) is 0 Å². The predicted octanol–water partition coefficient (Wildman–Crippen LogP) is 3.66. The molecule has 1 fully saturated rings. The van der Waals surface area contributed by atoms with Crippen LogP contribution in [-0.2, 0) is 17.7 Å². The number of carbonyl (C=O) groups is 1. The Balaban J connectivity index is 1.59. The molecule has 0 radical (unpaired) electrons. The van der Waals surface area contributed by atoms with Crippen molar-refractivity contribution < 1.29 is 18.3 Å². The summed E-state index contributed by atoms with van der Waals surface area (Å²) in [5.41, 5.74) is 2.79. The van der Waals surface area contributed by atoms with E-state index in [1.165, 1.54) is 6.07 Å². The van der Waals surface area contributed by atoms with E-state index in [0.29, 0.717) is 18.9 Å². The summed E-state index contributed by atoms with van der Waals surface area (Å²) in [6.45, 7) is 6.13. The maximum absolute atomic E-state index is 13.4. The molecule has 3 heterocycles. The third-order valence-electron chi connectivity index (χ3n) is 4.98. The molecule has 2 N–H and O–H groups in total. The summed E-state index contributed by atoms with van der Waals surface area (Å²) < 4.78 is 37.3. The van der Waals surface area contributed by atoms with E-state index < -0.39 is 11.6 Å². The van der Waals surface area contributed by atoms with Crippen molar-refractivity contribution in [2.24, 2.45) is 0 Å². The number of aromatic nitrogens is 1. The summed E-state index contributed by atoms with van der Waals surface area (Å²) in [6, 6.07) is 3.35. The van der Waals surface area contributed by atoms with Crippen molar-refractivity contribution in [2.45, 2.75) is 43.7 Å². The average molecular weight is 393 g/mol. The highest BCUT2D eigenvalue weighted by atomic mass is 32.2. The Kier molecular flexibility index (Phi) is 4.73. The van der Waals surface area contributed by atoms with Gasteiger partial charge in [-0.3, -0.25) is 4.79 Å². The Morgan fingerprint density at radius 2 is 2.07 bits per heavy atom. The number of hydrogen-bond donors (Lipinski definition) is 2. The van der Waals surface area contributed by atoms with Crippen LogP contribution in [0.2, 0.25) is 0 Å². The van der Waals surface area contributed by atoms with Crippen molar-refractivity contribution in [2.75, 3.05) is 18.5 Å². The third-order valence-corrected chi connectivity index (χ3v) is 6.32. The minimum Gasteiger partial charge on any atom is -0.377 e. The zero-order valence-electron chi connectivity index (χ0n) is 15.2. The molecule has 0 unspecified atom stereocenters. The lowest BCUT2D eigenvalue weighted by Gasteiger charge is -2.38. The predicted molar refractivity (Wildman–Crippen MR) is 100 cm³/mol. The van der Waals surface area contributed by atoms with Gasteiger partial charge < -0.3 is 14.6 Å². The van der Waals surface area contributed by atoms with E-state index in [-0.39, 0.29) is 17.1 Å². The van der Waals surface area contributed by atoms with Gasteiger partial charge in [0, 0.05) is 28.9 Å². The molecule has 4 rings (SSSR count). The number of fused-ring (bicyclic) bond motifs is 1. The van der Waals surface area contributed by atoms with Crippen molar-refractivity contribution in [1.29, 1.82) is 0 Å². The normalized spacial score (nSPS) is 17.5. The molecule has 2 aliphatic heterocycles. The van der Waals surface area contributed by atoms with Gasteiger partial charge in [-0.25, -0.2) is 13.5 Å². The van der Waals surface area contributed by atoms with Crippen LogP contribution in [0.4, 0.5) is 14.5 Å². The van der Waals surface area contributed by atoms with Crippen LogP contribution in [0.3, 0.4) is 0 Å². The van der Waals surface area contributed by atoms with Crippen LogP contribution in [-0.4, -0.2) is 29.2 Å². The Bertz CT molecular complexity index is 909. The summed E-state index contributed by atoms with van der Waals surface area (Å²) in [4.78, 5) is 13.9. The second kappa shape index (κ2) is 6.92. The minimum absolute atomic E-state index is 0.0570. The summed E-state index contributed by atoms with van der Waals surface area (Å²) in [6.07, 6.45) is 1.89. The van der Waals surface area contributed by atoms with Crippen LogP contribution in [0.25, 0.3) is 0 Å². The number of halogens is 2. The maximum atomic E-state index is 13.4. The molecule has 0 atom stereocenters. The zero-order chi connectivity index (χ0) is 19.2. The van der Waals surface area contributed by atoms with E-state index in [1.54, 1.807) is 11.9 Å². The lowest BCUT2D eigenvalue weighted by Crippen LogP contribution is -2.55. The topological polar surface area (TPSA) is 55.3 Å². The molecule has 1 saturated heterocycles. The fraction of sp³-hybridized carbons (Fsp3) is 0.421. The van der Waals surface area contributed by atoms with Crippen molar-refractivity contribution in [3.8, 4) is 0 Å². The van der Waals surface area contributed by atoms with E-state index in [0.717, 1.165) is 47.7 Å². The molecule has 8 heteroatoms. The summed E-state index contributed by atoms with van der Waals surface area (Å²) in [7, 11) is 0. The summed E-state index contributed by atoms with van der Waals surface area (Å²) in [5.74, 6) is -2.24. The maximum Gasteiger partial charge on any atom is 0.272 e. The first-order chi connectivity index (χ1) is 12.9. The van der Waals surface area contributed by atoms with Crippen molar-refractivity contribution in [3.05, 3.63) is 46.8 Å². The molecule has 0 saturated carbocycles. The van der Waals surface area contributed by atoms with Crippen LogP contribution < -0.4 is 10.0 Å². The molecule has 1 amide bonds. The van der Waals surface area contributed by atoms with Gasteiger partial charge in [0.05, 0.1) is 18.8 Å². The SMILES string of the molecule is Cc1c(SNC2(C)COC2)c2n(c1C(=O)Nc1ccc(F)c(F)c1)CCC2. The van der Waals surface area contributed by atoms with Gasteiger partial charge in [0.2, 0.25) is 0 Å².